The van der Waals surface area contributed by atoms with Crippen LogP contribution < -0.4 is 0 Å². The molecule has 2 aliphatic rings. The maximum Gasteiger partial charge on any atom is 0.0601 e. The summed E-state index contributed by atoms with van der Waals surface area (Å²) >= 11 is 2.08. The summed E-state index contributed by atoms with van der Waals surface area (Å²) in [6.45, 7) is 2.59. The largest absolute Gasteiger partial charge is 0.381 e. The van der Waals surface area contributed by atoms with E-state index in [1.54, 1.807) is 0 Å². The maximum absolute atomic E-state index is 5.28. The molecule has 2 rings (SSSR count). The molecule has 2 nitrogen and oxygen atoms in total. The molecule has 1 heterocycles. The number of nitrogens with zero attached hydrogens (tertiary/aromatic N) is 1. The first-order valence-corrected chi connectivity index (χ1v) is 5.90. The molecule has 0 aromatic rings. The molecule has 70 valence electrons. The van der Waals surface area contributed by atoms with Crippen LogP contribution in [0.2, 0.25) is 0 Å². The van der Waals surface area contributed by atoms with Crippen molar-refractivity contribution in [3.63, 3.8) is 0 Å². The molecule has 2 fully saturated rings. The topological polar surface area (TPSA) is 12.5 Å². The summed E-state index contributed by atoms with van der Waals surface area (Å²) in [5, 5.41) is 0. The number of rotatable bonds is 2. The zero-order valence-electron chi connectivity index (χ0n) is 7.66. The summed E-state index contributed by atoms with van der Waals surface area (Å²) in [6.07, 6.45) is 3.09. The van der Waals surface area contributed by atoms with Crippen molar-refractivity contribution in [1.29, 1.82) is 0 Å². The number of hydrogen-bond acceptors (Lipinski definition) is 3. The Balaban J connectivity index is 1.72. The summed E-state index contributed by atoms with van der Waals surface area (Å²) in [7, 11) is 1.83. The van der Waals surface area contributed by atoms with Gasteiger partial charge in [0.05, 0.1) is 6.10 Å². The molecule has 0 aromatic carbocycles. The van der Waals surface area contributed by atoms with Crippen LogP contribution in [0, 0.1) is 0 Å². The molecule has 0 atom stereocenters. The Hall–Kier alpha value is 0.270. The van der Waals surface area contributed by atoms with Gasteiger partial charge in [-0.3, -0.25) is 4.90 Å². The average molecular weight is 187 g/mol. The van der Waals surface area contributed by atoms with Crippen molar-refractivity contribution in [3.05, 3.63) is 0 Å². The van der Waals surface area contributed by atoms with E-state index >= 15 is 0 Å². The number of thioether (sulfide) groups is 1. The summed E-state index contributed by atoms with van der Waals surface area (Å²) in [5.41, 5.74) is 0. The fraction of sp³-hybridized carbons (Fsp3) is 1.00. The van der Waals surface area contributed by atoms with Crippen LogP contribution in [0.3, 0.4) is 0 Å². The molecule has 1 saturated carbocycles. The Kier molecular flexibility index (Phi) is 2.94. The Morgan fingerprint density at radius 1 is 1.25 bits per heavy atom. The van der Waals surface area contributed by atoms with Crippen molar-refractivity contribution >= 4 is 11.8 Å². The second-order valence-corrected chi connectivity index (χ2v) is 4.86. The third-order valence-electron chi connectivity index (χ3n) is 2.97. The minimum atomic E-state index is 0.560. The van der Waals surface area contributed by atoms with Crippen molar-refractivity contribution in [1.82, 2.24) is 4.90 Å². The molecule has 0 N–H and O–H groups in total. The van der Waals surface area contributed by atoms with E-state index in [-0.39, 0.29) is 0 Å². The lowest BCUT2D eigenvalue weighted by atomic mass is 9.88. The first-order chi connectivity index (χ1) is 5.90. The summed E-state index contributed by atoms with van der Waals surface area (Å²) < 4.78 is 5.28. The van der Waals surface area contributed by atoms with Gasteiger partial charge in [-0.05, 0) is 12.8 Å². The van der Waals surface area contributed by atoms with Gasteiger partial charge in [0.15, 0.2) is 0 Å². The highest BCUT2D eigenvalue weighted by Crippen LogP contribution is 2.29. The lowest BCUT2D eigenvalue weighted by Gasteiger charge is -2.43. The lowest BCUT2D eigenvalue weighted by molar-refractivity contribution is -0.0241. The molecular formula is C9H17NOS. The van der Waals surface area contributed by atoms with Gasteiger partial charge in [-0.15, -0.1) is 0 Å². The molecule has 0 bridgehead atoms. The molecule has 0 amide bonds. The first kappa shape index (κ1) is 8.85. The molecule has 1 aliphatic heterocycles. The van der Waals surface area contributed by atoms with Gasteiger partial charge in [0, 0.05) is 37.7 Å². The zero-order valence-corrected chi connectivity index (χ0v) is 8.48. The van der Waals surface area contributed by atoms with E-state index in [4.69, 9.17) is 4.74 Å². The third kappa shape index (κ3) is 1.78. The van der Waals surface area contributed by atoms with Gasteiger partial charge in [0.1, 0.15) is 0 Å². The second-order valence-electron chi connectivity index (χ2n) is 3.63. The SMILES string of the molecule is COC1CC(N2CCSCC2)C1. The van der Waals surface area contributed by atoms with E-state index in [2.05, 4.69) is 16.7 Å². The molecule has 0 radical (unpaired) electrons. The number of hydrogen-bond donors (Lipinski definition) is 0. The second kappa shape index (κ2) is 3.99. The fourth-order valence-corrected chi connectivity index (χ4v) is 2.90. The van der Waals surface area contributed by atoms with E-state index in [1.807, 2.05) is 7.11 Å². The van der Waals surface area contributed by atoms with Gasteiger partial charge in [-0.2, -0.15) is 11.8 Å². The van der Waals surface area contributed by atoms with Crippen LogP contribution in [0.25, 0.3) is 0 Å². The predicted octanol–water partition coefficient (Wildman–Crippen LogP) is 1.21. The van der Waals surface area contributed by atoms with Crippen LogP contribution in [0.15, 0.2) is 0 Å². The third-order valence-corrected chi connectivity index (χ3v) is 3.91. The Labute approximate surface area is 78.6 Å². The molecule has 3 heteroatoms. The van der Waals surface area contributed by atoms with Crippen molar-refractivity contribution in [3.8, 4) is 0 Å². The van der Waals surface area contributed by atoms with Crippen molar-refractivity contribution in [2.45, 2.75) is 25.0 Å². The molecule has 0 unspecified atom stereocenters. The van der Waals surface area contributed by atoms with Gasteiger partial charge in [0.25, 0.3) is 0 Å². The van der Waals surface area contributed by atoms with Crippen molar-refractivity contribution in [2.24, 2.45) is 0 Å². The van der Waals surface area contributed by atoms with E-state index in [0.717, 1.165) is 6.04 Å². The Bertz CT molecular complexity index is 141. The van der Waals surface area contributed by atoms with Crippen LogP contribution in [0.4, 0.5) is 0 Å². The quantitative estimate of drug-likeness (QED) is 0.645. The summed E-state index contributed by atoms with van der Waals surface area (Å²) in [4.78, 5) is 2.63. The van der Waals surface area contributed by atoms with Gasteiger partial charge in [-0.25, -0.2) is 0 Å². The molecule has 1 saturated heterocycles. The van der Waals surface area contributed by atoms with Gasteiger partial charge >= 0.3 is 0 Å². The minimum absolute atomic E-state index is 0.560. The Morgan fingerprint density at radius 2 is 1.92 bits per heavy atom. The van der Waals surface area contributed by atoms with Crippen LogP contribution in [0.5, 0.6) is 0 Å². The molecule has 12 heavy (non-hydrogen) atoms. The van der Waals surface area contributed by atoms with Crippen LogP contribution in [0.1, 0.15) is 12.8 Å². The smallest absolute Gasteiger partial charge is 0.0601 e. The van der Waals surface area contributed by atoms with Gasteiger partial charge in [0.2, 0.25) is 0 Å². The average Bonchev–Trinajstić information content (AvgIpc) is 2.04. The normalized spacial score (nSPS) is 37.8. The number of ether oxygens (including phenoxy) is 1. The highest BCUT2D eigenvalue weighted by atomic mass is 32.2. The van der Waals surface area contributed by atoms with Crippen LogP contribution >= 0.6 is 11.8 Å². The van der Waals surface area contributed by atoms with Crippen molar-refractivity contribution < 1.29 is 4.74 Å². The van der Waals surface area contributed by atoms with E-state index in [9.17, 15) is 0 Å². The van der Waals surface area contributed by atoms with Crippen molar-refractivity contribution in [2.75, 3.05) is 31.7 Å². The molecule has 0 aromatic heterocycles. The maximum atomic E-state index is 5.28. The predicted molar refractivity (Wildman–Crippen MR) is 52.7 cm³/mol. The van der Waals surface area contributed by atoms with E-state index in [1.165, 1.54) is 37.4 Å². The zero-order chi connectivity index (χ0) is 8.39. The first-order valence-electron chi connectivity index (χ1n) is 4.74. The molecular weight excluding hydrogens is 170 g/mol. The van der Waals surface area contributed by atoms with E-state index < -0.39 is 0 Å². The summed E-state index contributed by atoms with van der Waals surface area (Å²) in [6, 6.07) is 0.843. The lowest BCUT2D eigenvalue weighted by Crippen LogP contribution is -2.50. The standard InChI is InChI=1S/C9H17NOS/c1-11-9-6-8(7-9)10-2-4-12-5-3-10/h8-9H,2-7H2,1H3. The molecule has 1 aliphatic carbocycles. The van der Waals surface area contributed by atoms with Gasteiger partial charge < -0.3 is 4.74 Å². The molecule has 0 spiro atoms. The van der Waals surface area contributed by atoms with Crippen LogP contribution in [-0.4, -0.2) is 48.8 Å². The minimum Gasteiger partial charge on any atom is -0.381 e. The monoisotopic (exact) mass is 187 g/mol. The highest BCUT2D eigenvalue weighted by molar-refractivity contribution is 7.99. The fourth-order valence-electron chi connectivity index (χ4n) is 1.97. The number of methoxy groups -OCH3 is 1. The van der Waals surface area contributed by atoms with E-state index in [0.29, 0.717) is 6.10 Å². The Morgan fingerprint density at radius 3 is 2.50 bits per heavy atom. The van der Waals surface area contributed by atoms with Gasteiger partial charge in [-0.1, -0.05) is 0 Å². The van der Waals surface area contributed by atoms with Crippen LogP contribution in [-0.2, 0) is 4.74 Å². The highest BCUT2D eigenvalue weighted by Gasteiger charge is 2.33. The summed E-state index contributed by atoms with van der Waals surface area (Å²) in [5.74, 6) is 2.66.